The van der Waals surface area contributed by atoms with Crippen LogP contribution in [0.5, 0.6) is 0 Å². The molecule has 0 fully saturated rings. The molecular formula is C10H10N2OS. The van der Waals surface area contributed by atoms with Gasteiger partial charge >= 0.3 is 0 Å². The molecule has 0 N–H and O–H groups in total. The second-order valence-corrected chi connectivity index (χ2v) is 3.81. The lowest BCUT2D eigenvalue weighted by molar-refractivity contribution is 0.111. The summed E-state index contributed by atoms with van der Waals surface area (Å²) in [4.78, 5) is 11.8. The van der Waals surface area contributed by atoms with E-state index in [2.05, 4.69) is 5.10 Å². The molecule has 0 atom stereocenters. The zero-order valence-corrected chi connectivity index (χ0v) is 8.62. The van der Waals surface area contributed by atoms with Crippen molar-refractivity contribution in [3.05, 3.63) is 29.3 Å². The van der Waals surface area contributed by atoms with Gasteiger partial charge in [-0.1, -0.05) is 6.07 Å². The number of thiophene rings is 1. The summed E-state index contributed by atoms with van der Waals surface area (Å²) in [7, 11) is 0. The molecule has 2 rings (SSSR count). The van der Waals surface area contributed by atoms with Gasteiger partial charge in [0.2, 0.25) is 0 Å². The quantitative estimate of drug-likeness (QED) is 0.723. The predicted octanol–water partition coefficient (Wildman–Crippen LogP) is 2.44. The zero-order valence-electron chi connectivity index (χ0n) is 7.80. The van der Waals surface area contributed by atoms with Gasteiger partial charge in [0.1, 0.15) is 11.4 Å². The number of rotatable bonds is 3. The fourth-order valence-corrected chi connectivity index (χ4v) is 2.01. The smallest absolute Gasteiger partial charge is 0.168 e. The van der Waals surface area contributed by atoms with Gasteiger partial charge in [0.05, 0.1) is 4.88 Å². The number of nitrogens with zero attached hydrogens (tertiary/aromatic N) is 2. The maximum Gasteiger partial charge on any atom is 0.168 e. The summed E-state index contributed by atoms with van der Waals surface area (Å²) in [5.74, 6) is 0. The standard InChI is InChI=1S/C10H10N2OS/c1-2-12-8(7-13)6-9(11-12)10-4-3-5-14-10/h3-7H,2H2,1H3. The average molecular weight is 206 g/mol. The number of carbonyl (C=O) groups is 1. The van der Waals surface area contributed by atoms with Gasteiger partial charge in [-0.3, -0.25) is 9.48 Å². The molecular weight excluding hydrogens is 196 g/mol. The fourth-order valence-electron chi connectivity index (χ4n) is 1.32. The molecule has 0 saturated heterocycles. The zero-order chi connectivity index (χ0) is 9.97. The summed E-state index contributed by atoms with van der Waals surface area (Å²) < 4.78 is 1.71. The fraction of sp³-hybridized carbons (Fsp3) is 0.200. The SMILES string of the molecule is CCn1nc(-c2cccs2)cc1C=O. The summed E-state index contributed by atoms with van der Waals surface area (Å²) in [5.41, 5.74) is 1.51. The Labute approximate surface area is 86.0 Å². The molecule has 14 heavy (non-hydrogen) atoms. The van der Waals surface area contributed by atoms with Gasteiger partial charge in [-0.2, -0.15) is 5.10 Å². The number of aromatic nitrogens is 2. The van der Waals surface area contributed by atoms with Gasteiger partial charge in [-0.25, -0.2) is 0 Å². The van der Waals surface area contributed by atoms with Crippen LogP contribution in [0.2, 0.25) is 0 Å². The minimum absolute atomic E-state index is 0.635. The van der Waals surface area contributed by atoms with Crippen molar-refractivity contribution in [3.63, 3.8) is 0 Å². The molecule has 0 aromatic carbocycles. The highest BCUT2D eigenvalue weighted by Crippen LogP contribution is 2.23. The third-order valence-corrected chi connectivity index (χ3v) is 2.90. The van der Waals surface area contributed by atoms with E-state index in [1.165, 1.54) is 0 Å². The molecule has 0 aliphatic heterocycles. The van der Waals surface area contributed by atoms with Gasteiger partial charge in [-0.05, 0) is 24.4 Å². The lowest BCUT2D eigenvalue weighted by Crippen LogP contribution is -2.00. The topological polar surface area (TPSA) is 34.9 Å². The molecule has 0 radical (unpaired) electrons. The van der Waals surface area contributed by atoms with Crippen molar-refractivity contribution in [1.29, 1.82) is 0 Å². The van der Waals surface area contributed by atoms with E-state index < -0.39 is 0 Å². The molecule has 2 aromatic heterocycles. The highest BCUT2D eigenvalue weighted by atomic mass is 32.1. The second kappa shape index (κ2) is 3.75. The van der Waals surface area contributed by atoms with E-state index in [9.17, 15) is 4.79 Å². The molecule has 2 aromatic rings. The first kappa shape index (κ1) is 9.15. The Morgan fingerprint density at radius 1 is 1.64 bits per heavy atom. The Morgan fingerprint density at radius 3 is 3.00 bits per heavy atom. The van der Waals surface area contributed by atoms with Gasteiger partial charge in [0.25, 0.3) is 0 Å². The largest absolute Gasteiger partial charge is 0.296 e. The summed E-state index contributed by atoms with van der Waals surface area (Å²) in [6.45, 7) is 2.69. The number of hydrogen-bond donors (Lipinski definition) is 0. The van der Waals surface area contributed by atoms with Crippen molar-refractivity contribution < 1.29 is 4.79 Å². The summed E-state index contributed by atoms with van der Waals surface area (Å²) >= 11 is 1.63. The van der Waals surface area contributed by atoms with Crippen molar-refractivity contribution in [2.24, 2.45) is 0 Å². The summed E-state index contributed by atoms with van der Waals surface area (Å²) in [5, 5.41) is 6.34. The van der Waals surface area contributed by atoms with Crippen LogP contribution in [-0.4, -0.2) is 16.1 Å². The molecule has 0 aliphatic carbocycles. The number of aldehydes is 1. The molecule has 0 unspecified atom stereocenters. The second-order valence-electron chi connectivity index (χ2n) is 2.87. The van der Waals surface area contributed by atoms with Crippen LogP contribution >= 0.6 is 11.3 Å². The van der Waals surface area contributed by atoms with E-state index in [0.717, 1.165) is 23.4 Å². The summed E-state index contributed by atoms with van der Waals surface area (Å²) in [6, 6.07) is 5.80. The predicted molar refractivity (Wildman–Crippen MR) is 56.6 cm³/mol. The Kier molecular flexibility index (Phi) is 2.45. The molecule has 0 amide bonds. The van der Waals surface area contributed by atoms with Crippen LogP contribution in [0.25, 0.3) is 10.6 Å². The highest BCUT2D eigenvalue weighted by molar-refractivity contribution is 7.13. The minimum Gasteiger partial charge on any atom is -0.296 e. The van der Waals surface area contributed by atoms with Crippen molar-refractivity contribution in [3.8, 4) is 10.6 Å². The van der Waals surface area contributed by atoms with Crippen LogP contribution in [0.3, 0.4) is 0 Å². The average Bonchev–Trinajstić information content (AvgIpc) is 2.85. The lowest BCUT2D eigenvalue weighted by atomic mass is 10.3. The van der Waals surface area contributed by atoms with Crippen LogP contribution in [0.15, 0.2) is 23.6 Å². The van der Waals surface area contributed by atoms with Gasteiger partial charge in [-0.15, -0.1) is 11.3 Å². The monoisotopic (exact) mass is 206 g/mol. The van der Waals surface area contributed by atoms with Crippen molar-refractivity contribution in [1.82, 2.24) is 9.78 Å². The van der Waals surface area contributed by atoms with E-state index in [0.29, 0.717) is 5.69 Å². The van der Waals surface area contributed by atoms with Crippen molar-refractivity contribution in [2.45, 2.75) is 13.5 Å². The third kappa shape index (κ3) is 1.48. The van der Waals surface area contributed by atoms with Crippen molar-refractivity contribution in [2.75, 3.05) is 0 Å². The minimum atomic E-state index is 0.635. The highest BCUT2D eigenvalue weighted by Gasteiger charge is 2.07. The van der Waals surface area contributed by atoms with Crippen molar-refractivity contribution >= 4 is 17.6 Å². The Hall–Kier alpha value is -1.42. The van der Waals surface area contributed by atoms with Crippen LogP contribution in [-0.2, 0) is 6.54 Å². The Balaban J connectivity index is 2.46. The Morgan fingerprint density at radius 2 is 2.50 bits per heavy atom. The summed E-state index contributed by atoms with van der Waals surface area (Å²) in [6.07, 6.45) is 0.841. The van der Waals surface area contributed by atoms with E-state index >= 15 is 0 Å². The van der Waals surface area contributed by atoms with Crippen LogP contribution < -0.4 is 0 Å². The first-order chi connectivity index (χ1) is 6.85. The maximum atomic E-state index is 10.7. The number of carbonyl (C=O) groups excluding carboxylic acids is 1. The van der Waals surface area contributed by atoms with Crippen LogP contribution in [0, 0.1) is 0 Å². The van der Waals surface area contributed by atoms with E-state index in [1.54, 1.807) is 16.0 Å². The van der Waals surface area contributed by atoms with Gasteiger partial charge < -0.3 is 0 Å². The molecule has 0 saturated carbocycles. The first-order valence-electron chi connectivity index (χ1n) is 4.42. The first-order valence-corrected chi connectivity index (χ1v) is 5.30. The van der Waals surface area contributed by atoms with Gasteiger partial charge in [0.15, 0.2) is 6.29 Å². The number of hydrogen-bond acceptors (Lipinski definition) is 3. The number of aryl methyl sites for hydroxylation is 1. The third-order valence-electron chi connectivity index (χ3n) is 2.01. The lowest BCUT2D eigenvalue weighted by Gasteiger charge is -1.95. The normalized spacial score (nSPS) is 10.4. The molecule has 0 bridgehead atoms. The van der Waals surface area contributed by atoms with Crippen LogP contribution in [0.4, 0.5) is 0 Å². The molecule has 0 spiro atoms. The molecule has 4 heteroatoms. The van der Waals surface area contributed by atoms with E-state index in [1.807, 2.05) is 30.5 Å². The molecule has 3 nitrogen and oxygen atoms in total. The molecule has 2 heterocycles. The maximum absolute atomic E-state index is 10.7. The van der Waals surface area contributed by atoms with E-state index in [-0.39, 0.29) is 0 Å². The molecule has 72 valence electrons. The molecule has 0 aliphatic rings. The Bertz CT molecular complexity index is 431. The van der Waals surface area contributed by atoms with Gasteiger partial charge in [0, 0.05) is 6.54 Å². The van der Waals surface area contributed by atoms with E-state index in [4.69, 9.17) is 0 Å². The van der Waals surface area contributed by atoms with Crippen LogP contribution in [0.1, 0.15) is 17.4 Å².